The van der Waals surface area contributed by atoms with Crippen LogP contribution in [0.3, 0.4) is 0 Å². The second-order valence-corrected chi connectivity index (χ2v) is 5.30. The van der Waals surface area contributed by atoms with Gasteiger partial charge in [-0.2, -0.15) is 4.99 Å². The van der Waals surface area contributed by atoms with Crippen LogP contribution in [0.5, 0.6) is 11.5 Å². The number of hydrogen-bond donors (Lipinski definition) is 0. The molecule has 1 aliphatic heterocycles. The number of thiazole rings is 1. The van der Waals surface area contributed by atoms with E-state index in [1.807, 2.05) is 23.2 Å². The van der Waals surface area contributed by atoms with E-state index in [4.69, 9.17) is 9.47 Å². The second kappa shape index (κ2) is 5.50. The van der Waals surface area contributed by atoms with Crippen LogP contribution in [0.4, 0.5) is 0 Å². The minimum Gasteiger partial charge on any atom is -0.490 e. The van der Waals surface area contributed by atoms with Crippen molar-refractivity contribution in [2.24, 2.45) is 12.0 Å². The first-order valence-electron chi connectivity index (χ1n) is 6.33. The quantitative estimate of drug-likeness (QED) is 0.807. The fraction of sp³-hybridized carbons (Fsp3) is 0.286. The third kappa shape index (κ3) is 2.60. The molecule has 1 amide bonds. The SMILES string of the molecule is Cn1ccsc1=NC(=O)c1ccc2c(c1)OCCCO2. The molecule has 1 aromatic carbocycles. The normalized spacial score (nSPS) is 14.9. The average Bonchev–Trinajstić information content (AvgIpc) is 2.73. The molecule has 6 heteroatoms. The minimum atomic E-state index is -0.279. The van der Waals surface area contributed by atoms with Crippen LogP contribution in [0.25, 0.3) is 0 Å². The van der Waals surface area contributed by atoms with Crippen molar-refractivity contribution in [3.63, 3.8) is 0 Å². The molecule has 5 nitrogen and oxygen atoms in total. The van der Waals surface area contributed by atoms with Gasteiger partial charge in [-0.05, 0) is 18.2 Å². The van der Waals surface area contributed by atoms with Crippen LogP contribution in [0.2, 0.25) is 0 Å². The van der Waals surface area contributed by atoms with Crippen molar-refractivity contribution in [2.75, 3.05) is 13.2 Å². The standard InChI is InChI=1S/C14H14N2O3S/c1-16-5-8-20-14(16)15-13(17)10-3-4-11-12(9-10)19-7-2-6-18-11/h3-5,8-9H,2,6-7H2,1H3. The predicted molar refractivity (Wildman–Crippen MR) is 75.2 cm³/mol. The maximum Gasteiger partial charge on any atom is 0.279 e. The zero-order valence-electron chi connectivity index (χ0n) is 11.0. The Labute approximate surface area is 120 Å². The van der Waals surface area contributed by atoms with Gasteiger partial charge in [0, 0.05) is 30.6 Å². The number of hydrogen-bond acceptors (Lipinski definition) is 4. The van der Waals surface area contributed by atoms with E-state index in [-0.39, 0.29) is 5.91 Å². The molecule has 0 saturated carbocycles. The molecule has 0 unspecified atom stereocenters. The fourth-order valence-electron chi connectivity index (χ4n) is 1.88. The Morgan fingerprint density at radius 1 is 1.30 bits per heavy atom. The summed E-state index contributed by atoms with van der Waals surface area (Å²) in [5, 5.41) is 1.89. The van der Waals surface area contributed by atoms with E-state index in [1.54, 1.807) is 18.2 Å². The Balaban J connectivity index is 1.93. The van der Waals surface area contributed by atoms with Gasteiger partial charge in [-0.3, -0.25) is 4.79 Å². The summed E-state index contributed by atoms with van der Waals surface area (Å²) < 4.78 is 12.9. The highest BCUT2D eigenvalue weighted by atomic mass is 32.1. The molecule has 0 spiro atoms. The first kappa shape index (κ1) is 12.9. The Morgan fingerprint density at radius 3 is 2.85 bits per heavy atom. The lowest BCUT2D eigenvalue weighted by Crippen LogP contribution is -2.12. The van der Waals surface area contributed by atoms with E-state index < -0.39 is 0 Å². The van der Waals surface area contributed by atoms with E-state index in [0.717, 1.165) is 6.42 Å². The second-order valence-electron chi connectivity index (χ2n) is 4.43. The molecule has 2 heterocycles. The van der Waals surface area contributed by atoms with E-state index in [2.05, 4.69) is 4.99 Å². The van der Waals surface area contributed by atoms with Crippen molar-refractivity contribution in [3.05, 3.63) is 40.1 Å². The molecule has 0 N–H and O–H groups in total. The molecule has 1 aliphatic rings. The lowest BCUT2D eigenvalue weighted by molar-refractivity contribution is 0.0997. The van der Waals surface area contributed by atoms with Crippen molar-refractivity contribution >= 4 is 17.2 Å². The minimum absolute atomic E-state index is 0.279. The summed E-state index contributed by atoms with van der Waals surface area (Å²) in [7, 11) is 1.86. The highest BCUT2D eigenvalue weighted by Crippen LogP contribution is 2.30. The van der Waals surface area contributed by atoms with Crippen LogP contribution in [0.1, 0.15) is 16.8 Å². The zero-order chi connectivity index (χ0) is 13.9. The summed E-state index contributed by atoms with van der Waals surface area (Å²) in [6, 6.07) is 5.17. The number of carbonyl (C=O) groups excluding carboxylic acids is 1. The molecule has 104 valence electrons. The molecule has 1 aromatic heterocycles. The van der Waals surface area contributed by atoms with Crippen molar-refractivity contribution in [1.29, 1.82) is 0 Å². The number of fused-ring (bicyclic) bond motifs is 1. The van der Waals surface area contributed by atoms with E-state index >= 15 is 0 Å². The van der Waals surface area contributed by atoms with E-state index in [0.29, 0.717) is 35.1 Å². The molecular weight excluding hydrogens is 276 g/mol. The Bertz CT molecular complexity index is 702. The Hall–Kier alpha value is -2.08. The largest absolute Gasteiger partial charge is 0.490 e. The number of carbonyl (C=O) groups is 1. The predicted octanol–water partition coefficient (Wildman–Crippen LogP) is 1.99. The molecule has 0 fully saturated rings. The molecule has 3 rings (SSSR count). The van der Waals surface area contributed by atoms with Crippen LogP contribution >= 0.6 is 11.3 Å². The smallest absolute Gasteiger partial charge is 0.279 e. The summed E-state index contributed by atoms with van der Waals surface area (Å²) in [5.41, 5.74) is 0.502. The molecule has 0 saturated heterocycles. The summed E-state index contributed by atoms with van der Waals surface area (Å²) in [6.45, 7) is 1.23. The summed E-state index contributed by atoms with van der Waals surface area (Å²) in [6.07, 6.45) is 2.71. The molecule has 20 heavy (non-hydrogen) atoms. The number of nitrogens with zero attached hydrogens (tertiary/aromatic N) is 2. The topological polar surface area (TPSA) is 52.8 Å². The number of rotatable bonds is 1. The maximum absolute atomic E-state index is 12.2. The molecular formula is C14H14N2O3S. The fourth-order valence-corrected chi connectivity index (χ4v) is 2.61. The van der Waals surface area contributed by atoms with Gasteiger partial charge in [0.1, 0.15) is 0 Å². The average molecular weight is 290 g/mol. The van der Waals surface area contributed by atoms with Gasteiger partial charge >= 0.3 is 0 Å². The van der Waals surface area contributed by atoms with Crippen molar-refractivity contribution in [1.82, 2.24) is 4.57 Å². The van der Waals surface area contributed by atoms with Gasteiger partial charge in [0.2, 0.25) is 0 Å². The number of aromatic nitrogens is 1. The number of benzene rings is 1. The van der Waals surface area contributed by atoms with Crippen LogP contribution in [-0.4, -0.2) is 23.7 Å². The van der Waals surface area contributed by atoms with Crippen molar-refractivity contribution in [3.8, 4) is 11.5 Å². The number of ether oxygens (including phenoxy) is 2. The molecule has 0 radical (unpaired) electrons. The van der Waals surface area contributed by atoms with Gasteiger partial charge in [-0.1, -0.05) is 0 Å². The Morgan fingerprint density at radius 2 is 2.10 bits per heavy atom. The van der Waals surface area contributed by atoms with Gasteiger partial charge in [0.25, 0.3) is 5.91 Å². The van der Waals surface area contributed by atoms with Gasteiger partial charge in [-0.25, -0.2) is 0 Å². The van der Waals surface area contributed by atoms with E-state index in [1.165, 1.54) is 11.3 Å². The van der Waals surface area contributed by atoms with Crippen LogP contribution < -0.4 is 14.3 Å². The third-order valence-electron chi connectivity index (χ3n) is 2.95. The lowest BCUT2D eigenvalue weighted by atomic mass is 10.2. The monoisotopic (exact) mass is 290 g/mol. The Kier molecular flexibility index (Phi) is 3.56. The third-order valence-corrected chi connectivity index (χ3v) is 3.80. The molecule has 0 aliphatic carbocycles. The van der Waals surface area contributed by atoms with Gasteiger partial charge < -0.3 is 14.0 Å². The van der Waals surface area contributed by atoms with Crippen molar-refractivity contribution < 1.29 is 14.3 Å². The maximum atomic E-state index is 12.2. The lowest BCUT2D eigenvalue weighted by Gasteiger charge is -2.07. The highest BCUT2D eigenvalue weighted by molar-refractivity contribution is 7.07. The number of aryl methyl sites for hydroxylation is 1. The first-order valence-corrected chi connectivity index (χ1v) is 7.21. The number of amides is 1. The van der Waals surface area contributed by atoms with Crippen LogP contribution in [0.15, 0.2) is 34.8 Å². The summed E-state index contributed by atoms with van der Waals surface area (Å²) in [5.74, 6) is 1.01. The summed E-state index contributed by atoms with van der Waals surface area (Å²) >= 11 is 1.42. The van der Waals surface area contributed by atoms with E-state index in [9.17, 15) is 4.79 Å². The molecule has 0 bridgehead atoms. The van der Waals surface area contributed by atoms with Crippen LogP contribution in [0, 0.1) is 0 Å². The summed E-state index contributed by atoms with van der Waals surface area (Å²) in [4.78, 5) is 16.9. The van der Waals surface area contributed by atoms with Crippen molar-refractivity contribution in [2.45, 2.75) is 6.42 Å². The zero-order valence-corrected chi connectivity index (χ0v) is 11.9. The first-order chi connectivity index (χ1) is 9.74. The van der Waals surface area contributed by atoms with Gasteiger partial charge in [-0.15, -0.1) is 11.3 Å². The van der Waals surface area contributed by atoms with Gasteiger partial charge in [0.05, 0.1) is 13.2 Å². The van der Waals surface area contributed by atoms with Gasteiger partial charge in [0.15, 0.2) is 16.3 Å². The molecule has 2 aromatic rings. The molecule has 0 atom stereocenters. The highest BCUT2D eigenvalue weighted by Gasteiger charge is 2.13. The van der Waals surface area contributed by atoms with Crippen LogP contribution in [-0.2, 0) is 7.05 Å².